The van der Waals surface area contributed by atoms with Crippen LogP contribution in [0, 0.1) is 11.8 Å². The van der Waals surface area contributed by atoms with Crippen molar-refractivity contribution in [2.75, 3.05) is 13.1 Å². The van der Waals surface area contributed by atoms with E-state index in [1.54, 1.807) is 0 Å². The Morgan fingerprint density at radius 1 is 1.04 bits per heavy atom. The van der Waals surface area contributed by atoms with Crippen molar-refractivity contribution in [2.24, 2.45) is 11.8 Å². The molecule has 150 valence electrons. The lowest BCUT2D eigenvalue weighted by molar-refractivity contribution is -0.140. The van der Waals surface area contributed by atoms with E-state index in [2.05, 4.69) is 12.2 Å². The summed E-state index contributed by atoms with van der Waals surface area (Å²) in [6.07, 6.45) is 10.4. The lowest BCUT2D eigenvalue weighted by atomic mass is 9.82. The van der Waals surface area contributed by atoms with Gasteiger partial charge in [-0.1, -0.05) is 32.6 Å². The highest BCUT2D eigenvalue weighted by Gasteiger charge is 2.27. The number of esters is 1. The Kier molecular flexibility index (Phi) is 9.32. The first-order chi connectivity index (χ1) is 13.1. The van der Waals surface area contributed by atoms with Crippen LogP contribution in [0.25, 0.3) is 0 Å². The second kappa shape index (κ2) is 11.8. The smallest absolute Gasteiger partial charge is 0.335 e. The first-order valence-electron chi connectivity index (χ1n) is 10.4. The van der Waals surface area contributed by atoms with Gasteiger partial charge in [-0.2, -0.15) is 0 Å². The van der Waals surface area contributed by atoms with Crippen LogP contribution in [0.5, 0.6) is 5.75 Å². The molecule has 1 saturated carbocycles. The van der Waals surface area contributed by atoms with E-state index in [9.17, 15) is 9.59 Å². The van der Waals surface area contributed by atoms with Crippen LogP contribution in [0.1, 0.15) is 75.1 Å². The third-order valence-electron chi connectivity index (χ3n) is 5.39. The SMILES string of the molecule is CCCCCCCNCC1CCC(C(=O)Oc2ccc(C(=O)O)cc2)CC1. The third kappa shape index (κ3) is 7.71. The second-order valence-corrected chi connectivity index (χ2v) is 7.59. The number of rotatable bonds is 11. The molecule has 1 aliphatic carbocycles. The van der Waals surface area contributed by atoms with Gasteiger partial charge in [0.25, 0.3) is 0 Å². The number of ether oxygens (including phenoxy) is 1. The Hall–Kier alpha value is -1.88. The fourth-order valence-corrected chi connectivity index (χ4v) is 3.63. The van der Waals surface area contributed by atoms with Crippen LogP contribution in [-0.4, -0.2) is 30.1 Å². The molecule has 1 aromatic rings. The molecular formula is C22H33NO4. The number of aromatic carboxylic acids is 1. The number of hydrogen-bond acceptors (Lipinski definition) is 4. The number of unbranched alkanes of at least 4 members (excludes halogenated alkanes) is 4. The highest BCUT2D eigenvalue weighted by molar-refractivity contribution is 5.87. The maximum absolute atomic E-state index is 12.3. The zero-order chi connectivity index (χ0) is 19.5. The maximum Gasteiger partial charge on any atom is 0.335 e. The molecule has 1 aromatic carbocycles. The predicted molar refractivity (Wildman–Crippen MR) is 106 cm³/mol. The Morgan fingerprint density at radius 3 is 2.33 bits per heavy atom. The van der Waals surface area contributed by atoms with E-state index >= 15 is 0 Å². The fourth-order valence-electron chi connectivity index (χ4n) is 3.63. The minimum atomic E-state index is -0.985. The molecule has 0 unspecified atom stereocenters. The van der Waals surface area contributed by atoms with Crippen molar-refractivity contribution >= 4 is 11.9 Å². The monoisotopic (exact) mass is 375 g/mol. The maximum atomic E-state index is 12.3. The van der Waals surface area contributed by atoms with Gasteiger partial charge in [0.2, 0.25) is 0 Å². The van der Waals surface area contributed by atoms with Crippen LogP contribution in [0.2, 0.25) is 0 Å². The molecule has 27 heavy (non-hydrogen) atoms. The van der Waals surface area contributed by atoms with Crippen molar-refractivity contribution < 1.29 is 19.4 Å². The van der Waals surface area contributed by atoms with Gasteiger partial charge in [0, 0.05) is 0 Å². The van der Waals surface area contributed by atoms with Gasteiger partial charge in [-0.25, -0.2) is 4.79 Å². The first-order valence-corrected chi connectivity index (χ1v) is 10.4. The predicted octanol–water partition coefficient (Wildman–Crippen LogP) is 4.66. The van der Waals surface area contributed by atoms with Gasteiger partial charge >= 0.3 is 11.9 Å². The Morgan fingerprint density at radius 2 is 1.70 bits per heavy atom. The number of carboxylic acid groups (broad SMARTS) is 1. The zero-order valence-corrected chi connectivity index (χ0v) is 16.4. The van der Waals surface area contributed by atoms with Crippen molar-refractivity contribution in [1.29, 1.82) is 0 Å². The summed E-state index contributed by atoms with van der Waals surface area (Å²) in [5.74, 6) is -0.160. The van der Waals surface area contributed by atoms with Crippen molar-refractivity contribution in [3.8, 4) is 5.75 Å². The summed E-state index contributed by atoms with van der Waals surface area (Å²) in [4.78, 5) is 23.2. The molecule has 0 spiro atoms. The van der Waals surface area contributed by atoms with Gasteiger partial charge in [0.1, 0.15) is 5.75 Å². The third-order valence-corrected chi connectivity index (χ3v) is 5.39. The second-order valence-electron chi connectivity index (χ2n) is 7.59. The van der Waals surface area contributed by atoms with E-state index in [0.717, 1.165) is 38.8 Å². The lowest BCUT2D eigenvalue weighted by Gasteiger charge is -2.27. The van der Waals surface area contributed by atoms with Crippen LogP contribution >= 0.6 is 0 Å². The number of carbonyl (C=O) groups is 2. The van der Waals surface area contributed by atoms with Crippen LogP contribution in [0.15, 0.2) is 24.3 Å². The van der Waals surface area contributed by atoms with Gasteiger partial charge < -0.3 is 15.2 Å². The summed E-state index contributed by atoms with van der Waals surface area (Å²) in [5.41, 5.74) is 0.188. The van der Waals surface area contributed by atoms with Crippen LogP contribution in [0.3, 0.4) is 0 Å². The van der Waals surface area contributed by atoms with Gasteiger partial charge in [0.15, 0.2) is 0 Å². The standard InChI is InChI=1S/C22H33NO4/c1-2-3-4-5-6-15-23-16-17-7-9-19(10-8-17)22(26)27-20-13-11-18(12-14-20)21(24)25/h11-14,17,19,23H,2-10,15-16H2,1H3,(H,24,25). The zero-order valence-electron chi connectivity index (χ0n) is 16.4. The van der Waals surface area contributed by atoms with Crippen LogP contribution in [-0.2, 0) is 4.79 Å². The van der Waals surface area contributed by atoms with Gasteiger partial charge in [-0.15, -0.1) is 0 Å². The van der Waals surface area contributed by atoms with E-state index in [-0.39, 0.29) is 17.5 Å². The molecule has 5 nitrogen and oxygen atoms in total. The number of benzene rings is 1. The highest BCUT2D eigenvalue weighted by Crippen LogP contribution is 2.29. The van der Waals surface area contributed by atoms with Crippen LogP contribution < -0.4 is 10.1 Å². The average Bonchev–Trinajstić information content (AvgIpc) is 2.68. The molecule has 0 radical (unpaired) electrons. The largest absolute Gasteiger partial charge is 0.478 e. The molecule has 0 heterocycles. The van der Waals surface area contributed by atoms with E-state index in [0.29, 0.717) is 11.7 Å². The summed E-state index contributed by atoms with van der Waals surface area (Å²) in [5, 5.41) is 12.5. The van der Waals surface area contributed by atoms with Crippen LogP contribution in [0.4, 0.5) is 0 Å². The summed E-state index contributed by atoms with van der Waals surface area (Å²) in [7, 11) is 0. The van der Waals surface area contributed by atoms with E-state index < -0.39 is 5.97 Å². The summed E-state index contributed by atoms with van der Waals surface area (Å²) < 4.78 is 5.42. The van der Waals surface area contributed by atoms with Crippen molar-refractivity contribution in [3.05, 3.63) is 29.8 Å². The topological polar surface area (TPSA) is 75.6 Å². The van der Waals surface area contributed by atoms with E-state index in [1.807, 2.05) is 0 Å². The molecule has 1 aliphatic rings. The van der Waals surface area contributed by atoms with Gasteiger partial charge in [-0.05, 0) is 75.4 Å². The molecular weight excluding hydrogens is 342 g/mol. The highest BCUT2D eigenvalue weighted by atomic mass is 16.5. The molecule has 0 atom stereocenters. The summed E-state index contributed by atoms with van der Waals surface area (Å²) >= 11 is 0. The number of carbonyl (C=O) groups excluding carboxylic acids is 1. The molecule has 2 rings (SSSR count). The number of nitrogens with one attached hydrogen (secondary N) is 1. The first kappa shape index (κ1) is 21.4. The van der Waals surface area contributed by atoms with Gasteiger partial charge in [-0.3, -0.25) is 4.79 Å². The minimum Gasteiger partial charge on any atom is -0.478 e. The average molecular weight is 376 g/mol. The van der Waals surface area contributed by atoms with Crippen molar-refractivity contribution in [2.45, 2.75) is 64.7 Å². The van der Waals surface area contributed by atoms with E-state index in [4.69, 9.17) is 9.84 Å². The molecule has 0 aromatic heterocycles. The molecule has 0 bridgehead atoms. The minimum absolute atomic E-state index is 0.0468. The molecule has 1 fully saturated rings. The fraction of sp³-hybridized carbons (Fsp3) is 0.636. The summed E-state index contributed by atoms with van der Waals surface area (Å²) in [6.45, 7) is 4.38. The Bertz CT molecular complexity index is 576. The molecule has 0 saturated heterocycles. The van der Waals surface area contributed by atoms with E-state index in [1.165, 1.54) is 56.4 Å². The van der Waals surface area contributed by atoms with Crippen molar-refractivity contribution in [1.82, 2.24) is 5.32 Å². The molecule has 0 aliphatic heterocycles. The molecule has 5 heteroatoms. The summed E-state index contributed by atoms with van der Waals surface area (Å²) in [6, 6.07) is 5.99. The number of hydrogen-bond donors (Lipinski definition) is 2. The molecule has 2 N–H and O–H groups in total. The quantitative estimate of drug-likeness (QED) is 0.334. The number of carboxylic acids is 1. The Labute approximate surface area is 162 Å². The normalized spacial score (nSPS) is 19.6. The van der Waals surface area contributed by atoms with Gasteiger partial charge in [0.05, 0.1) is 11.5 Å². The molecule has 0 amide bonds. The van der Waals surface area contributed by atoms with Crippen molar-refractivity contribution in [3.63, 3.8) is 0 Å². The Balaban J connectivity index is 1.61. The lowest BCUT2D eigenvalue weighted by Crippen LogP contribution is -2.30.